The molecule has 0 bridgehead atoms. The first-order chi connectivity index (χ1) is 8.50. The van der Waals surface area contributed by atoms with Gasteiger partial charge in [-0.25, -0.2) is 0 Å². The van der Waals surface area contributed by atoms with Crippen molar-refractivity contribution in [3.05, 3.63) is 33.1 Å². The molecule has 2 rings (SSSR count). The van der Waals surface area contributed by atoms with Crippen molar-refractivity contribution in [3.63, 3.8) is 0 Å². The maximum Gasteiger partial charge on any atom is 0.278 e. The number of hydrogen-bond acceptors (Lipinski definition) is 3. The van der Waals surface area contributed by atoms with Crippen molar-refractivity contribution < 1.29 is 4.92 Å². The number of nitrogens with zero attached hydrogens (tertiary/aromatic N) is 2. The summed E-state index contributed by atoms with van der Waals surface area (Å²) in [6.07, 6.45) is 6.06. The number of alkyl halides is 1. The summed E-state index contributed by atoms with van der Waals surface area (Å²) in [6, 6.07) is 0. The van der Waals surface area contributed by atoms with E-state index in [1.165, 1.54) is 19.3 Å². The van der Waals surface area contributed by atoms with Crippen LogP contribution in [0.4, 0.5) is 5.69 Å². The van der Waals surface area contributed by atoms with Crippen molar-refractivity contribution in [1.82, 2.24) is 4.98 Å². The monoisotopic (exact) mass is 312 g/mol. The smallest absolute Gasteiger partial charge is 0.260 e. The fourth-order valence-corrected chi connectivity index (χ4v) is 3.50. The zero-order valence-electron chi connectivity index (χ0n) is 10.6. The van der Waals surface area contributed by atoms with Crippen LogP contribution in [0, 0.1) is 29.9 Å². The summed E-state index contributed by atoms with van der Waals surface area (Å²) in [5.74, 6) is 0.554. The lowest BCUT2D eigenvalue weighted by atomic mass is 9.97. The molecule has 0 aliphatic heterocycles. The number of hydrogen-bond donors (Lipinski definition) is 0. The van der Waals surface area contributed by atoms with Gasteiger partial charge in [0.05, 0.1) is 10.6 Å². The molecule has 0 saturated heterocycles. The molecule has 0 N–H and O–H groups in total. The van der Waals surface area contributed by atoms with Crippen LogP contribution in [0.15, 0.2) is 6.20 Å². The fraction of sp³-hybridized carbons (Fsp3) is 0.615. The summed E-state index contributed by atoms with van der Waals surface area (Å²) < 4.78 is 0. The first kappa shape index (κ1) is 13.5. The van der Waals surface area contributed by atoms with Crippen LogP contribution < -0.4 is 0 Å². The summed E-state index contributed by atoms with van der Waals surface area (Å²) >= 11 is 3.69. The Kier molecular flexibility index (Phi) is 4.00. The van der Waals surface area contributed by atoms with Crippen LogP contribution in [0.1, 0.15) is 36.1 Å². The van der Waals surface area contributed by atoms with Gasteiger partial charge in [0.1, 0.15) is 0 Å². The second kappa shape index (κ2) is 5.34. The Bertz CT molecular complexity index is 476. The predicted octanol–water partition coefficient (Wildman–Crippen LogP) is 3.71. The van der Waals surface area contributed by atoms with Gasteiger partial charge in [-0.05, 0) is 39.0 Å². The highest BCUT2D eigenvalue weighted by Gasteiger charge is 2.27. The quantitative estimate of drug-likeness (QED) is 0.485. The Morgan fingerprint density at radius 3 is 2.78 bits per heavy atom. The molecule has 0 amide bonds. The van der Waals surface area contributed by atoms with E-state index >= 15 is 0 Å². The van der Waals surface area contributed by atoms with Gasteiger partial charge in [0.25, 0.3) is 5.69 Å². The molecule has 98 valence electrons. The Morgan fingerprint density at radius 1 is 1.50 bits per heavy atom. The minimum absolute atomic E-state index is 0.226. The molecule has 0 radical (unpaired) electrons. The van der Waals surface area contributed by atoms with Gasteiger partial charge in [-0.1, -0.05) is 22.4 Å². The Hall–Kier alpha value is -0.970. The van der Waals surface area contributed by atoms with Crippen molar-refractivity contribution in [3.8, 4) is 0 Å². The van der Waals surface area contributed by atoms with E-state index < -0.39 is 0 Å². The minimum atomic E-state index is -0.296. The van der Waals surface area contributed by atoms with Crippen LogP contribution in [0.3, 0.4) is 0 Å². The van der Waals surface area contributed by atoms with Gasteiger partial charge in [-0.2, -0.15) is 0 Å². The lowest BCUT2D eigenvalue weighted by molar-refractivity contribution is -0.386. The van der Waals surface area contributed by atoms with E-state index in [2.05, 4.69) is 20.9 Å². The zero-order chi connectivity index (χ0) is 13.3. The van der Waals surface area contributed by atoms with Crippen LogP contribution in [0.5, 0.6) is 0 Å². The number of nitro groups is 1. The summed E-state index contributed by atoms with van der Waals surface area (Å²) in [5, 5.41) is 11.1. The van der Waals surface area contributed by atoms with Gasteiger partial charge in [0.2, 0.25) is 0 Å². The van der Waals surface area contributed by atoms with Crippen molar-refractivity contribution >= 4 is 21.6 Å². The van der Waals surface area contributed by atoms with Crippen molar-refractivity contribution in [2.24, 2.45) is 5.92 Å². The highest BCUT2D eigenvalue weighted by atomic mass is 79.9. The molecule has 2 unspecified atom stereocenters. The minimum Gasteiger partial charge on any atom is -0.260 e. The van der Waals surface area contributed by atoms with Crippen LogP contribution in [-0.2, 0) is 6.42 Å². The van der Waals surface area contributed by atoms with E-state index in [-0.39, 0.29) is 10.6 Å². The molecule has 1 fully saturated rings. The average Bonchev–Trinajstić information content (AvgIpc) is 2.68. The maximum absolute atomic E-state index is 11.1. The number of aryl methyl sites for hydroxylation is 1. The summed E-state index contributed by atoms with van der Waals surface area (Å²) in [5.41, 5.74) is 2.47. The van der Waals surface area contributed by atoms with E-state index in [9.17, 15) is 10.1 Å². The largest absolute Gasteiger partial charge is 0.278 e. The first-order valence-electron chi connectivity index (χ1n) is 6.24. The third kappa shape index (κ3) is 2.55. The van der Waals surface area contributed by atoms with E-state index in [1.54, 1.807) is 13.1 Å². The Labute approximate surface area is 115 Å². The van der Waals surface area contributed by atoms with Gasteiger partial charge < -0.3 is 0 Å². The molecule has 1 aliphatic carbocycles. The van der Waals surface area contributed by atoms with Crippen molar-refractivity contribution in [2.45, 2.75) is 44.4 Å². The Balaban J connectivity index is 2.29. The van der Waals surface area contributed by atoms with Crippen LogP contribution in [0.2, 0.25) is 0 Å². The summed E-state index contributed by atoms with van der Waals surface area (Å²) in [7, 11) is 0. The van der Waals surface area contributed by atoms with Gasteiger partial charge in [0.15, 0.2) is 0 Å². The van der Waals surface area contributed by atoms with Gasteiger partial charge in [-0.15, -0.1) is 0 Å². The second-order valence-corrected chi connectivity index (χ2v) is 6.21. The van der Waals surface area contributed by atoms with E-state index in [4.69, 9.17) is 0 Å². The molecule has 1 heterocycles. The molecule has 0 spiro atoms. The number of aromatic nitrogens is 1. The standard InChI is InChI=1S/C13H17BrN2O2/c1-8-7-15-12(9(2)13(8)16(17)18)6-10-4-3-5-11(10)14/h7,10-11H,3-6H2,1-2H3. The highest BCUT2D eigenvalue weighted by molar-refractivity contribution is 9.09. The number of pyridine rings is 1. The first-order valence-corrected chi connectivity index (χ1v) is 7.15. The molecule has 1 aliphatic rings. The summed E-state index contributed by atoms with van der Waals surface area (Å²) in [4.78, 5) is 15.7. The van der Waals surface area contributed by atoms with Gasteiger partial charge in [0, 0.05) is 22.2 Å². The van der Waals surface area contributed by atoms with Gasteiger partial charge in [-0.3, -0.25) is 15.1 Å². The molecule has 0 aromatic carbocycles. The number of halogens is 1. The lowest BCUT2D eigenvalue weighted by Gasteiger charge is -2.15. The van der Waals surface area contributed by atoms with Crippen molar-refractivity contribution in [1.29, 1.82) is 0 Å². The van der Waals surface area contributed by atoms with E-state index in [0.717, 1.165) is 17.7 Å². The average molecular weight is 313 g/mol. The molecule has 2 atom stereocenters. The van der Waals surface area contributed by atoms with E-state index in [0.29, 0.717) is 16.3 Å². The van der Waals surface area contributed by atoms with Crippen LogP contribution in [0.25, 0.3) is 0 Å². The molecule has 1 aromatic heterocycles. The molecular weight excluding hydrogens is 296 g/mol. The normalized spacial score (nSPS) is 23.3. The van der Waals surface area contributed by atoms with Gasteiger partial charge >= 0.3 is 0 Å². The lowest BCUT2D eigenvalue weighted by Crippen LogP contribution is -2.13. The number of rotatable bonds is 3. The molecule has 1 saturated carbocycles. The Morgan fingerprint density at radius 2 is 2.22 bits per heavy atom. The predicted molar refractivity (Wildman–Crippen MR) is 74.1 cm³/mol. The molecule has 4 nitrogen and oxygen atoms in total. The van der Waals surface area contributed by atoms with E-state index in [1.807, 2.05) is 6.92 Å². The second-order valence-electron chi connectivity index (χ2n) is 5.03. The fourth-order valence-electron chi connectivity index (χ4n) is 2.72. The van der Waals surface area contributed by atoms with Crippen LogP contribution >= 0.6 is 15.9 Å². The molecule has 18 heavy (non-hydrogen) atoms. The SMILES string of the molecule is Cc1cnc(CC2CCCC2Br)c(C)c1[N+](=O)[O-]. The molecule has 5 heteroatoms. The third-order valence-electron chi connectivity index (χ3n) is 3.78. The van der Waals surface area contributed by atoms with Crippen molar-refractivity contribution in [2.75, 3.05) is 0 Å². The third-order valence-corrected chi connectivity index (χ3v) is 4.99. The highest BCUT2D eigenvalue weighted by Crippen LogP contribution is 2.35. The maximum atomic E-state index is 11.1. The zero-order valence-corrected chi connectivity index (χ0v) is 12.2. The molecular formula is C13H17BrN2O2. The topological polar surface area (TPSA) is 56.0 Å². The summed E-state index contributed by atoms with van der Waals surface area (Å²) in [6.45, 7) is 3.55. The van der Waals surface area contributed by atoms with Crippen LogP contribution in [-0.4, -0.2) is 14.7 Å². The molecule has 1 aromatic rings.